The molecule has 0 aliphatic carbocycles. The van der Waals surface area contributed by atoms with Gasteiger partial charge >= 0.3 is 0 Å². The van der Waals surface area contributed by atoms with Crippen molar-refractivity contribution < 1.29 is 0 Å². The summed E-state index contributed by atoms with van der Waals surface area (Å²) in [6, 6.07) is 24.5. The fourth-order valence-corrected chi connectivity index (χ4v) is 2.87. The predicted molar refractivity (Wildman–Crippen MR) is 89.1 cm³/mol. The van der Waals surface area contributed by atoms with Crippen LogP contribution >= 0.6 is 0 Å². The lowest BCUT2D eigenvalue weighted by molar-refractivity contribution is 1.49. The van der Waals surface area contributed by atoms with Gasteiger partial charge < -0.3 is 5.73 Å². The molecule has 1 heterocycles. The minimum absolute atomic E-state index is 0.768. The Hall–Kier alpha value is -2.87. The number of aromatic nitrogens is 1. The lowest BCUT2D eigenvalue weighted by Gasteiger charge is -2.12. The summed E-state index contributed by atoms with van der Waals surface area (Å²) in [5, 5.41) is 2.16. The smallest absolute Gasteiger partial charge is 0.0736 e. The van der Waals surface area contributed by atoms with Crippen LogP contribution in [0.15, 0.2) is 72.8 Å². The maximum Gasteiger partial charge on any atom is 0.0736 e. The number of hydrogen-bond donors (Lipinski definition) is 1. The van der Waals surface area contributed by atoms with Crippen molar-refractivity contribution in [2.45, 2.75) is 0 Å². The summed E-state index contributed by atoms with van der Waals surface area (Å²) in [5.74, 6) is 0. The summed E-state index contributed by atoms with van der Waals surface area (Å²) >= 11 is 0. The van der Waals surface area contributed by atoms with Crippen molar-refractivity contribution in [1.82, 2.24) is 4.98 Å². The highest BCUT2D eigenvalue weighted by Crippen LogP contribution is 2.37. The number of pyridine rings is 1. The Morgan fingerprint density at radius 1 is 0.667 bits per heavy atom. The van der Waals surface area contributed by atoms with Crippen LogP contribution in [0.3, 0.4) is 0 Å². The molecule has 0 saturated carbocycles. The molecule has 0 aliphatic rings. The molecule has 0 aliphatic heterocycles. The largest absolute Gasteiger partial charge is 0.398 e. The number of benzene rings is 3. The van der Waals surface area contributed by atoms with Gasteiger partial charge in [-0.1, -0.05) is 54.6 Å². The van der Waals surface area contributed by atoms with E-state index in [1.54, 1.807) is 0 Å². The molecule has 0 amide bonds. The van der Waals surface area contributed by atoms with Crippen LogP contribution in [0.1, 0.15) is 0 Å². The molecule has 4 aromatic rings. The van der Waals surface area contributed by atoms with Crippen molar-refractivity contribution in [2.75, 3.05) is 5.73 Å². The van der Waals surface area contributed by atoms with E-state index >= 15 is 0 Å². The normalized spacial score (nSPS) is 11.0. The van der Waals surface area contributed by atoms with Gasteiger partial charge in [0.15, 0.2) is 0 Å². The number of nitrogens with zero attached hydrogens (tertiary/aromatic N) is 1. The Labute approximate surface area is 122 Å². The molecule has 3 aromatic carbocycles. The summed E-state index contributed by atoms with van der Waals surface area (Å²) in [6.07, 6.45) is 0. The van der Waals surface area contributed by atoms with Gasteiger partial charge in [-0.25, -0.2) is 4.98 Å². The van der Waals surface area contributed by atoms with E-state index in [0.717, 1.165) is 33.1 Å². The van der Waals surface area contributed by atoms with Gasteiger partial charge in [0.25, 0.3) is 0 Å². The molecule has 2 N–H and O–H groups in total. The van der Waals surface area contributed by atoms with E-state index in [2.05, 4.69) is 30.3 Å². The number of rotatable bonds is 1. The van der Waals surface area contributed by atoms with Gasteiger partial charge in [-0.3, -0.25) is 0 Å². The van der Waals surface area contributed by atoms with E-state index in [9.17, 15) is 0 Å². The van der Waals surface area contributed by atoms with Crippen LogP contribution < -0.4 is 5.73 Å². The Morgan fingerprint density at radius 2 is 1.38 bits per heavy atom. The van der Waals surface area contributed by atoms with E-state index < -0.39 is 0 Å². The van der Waals surface area contributed by atoms with Gasteiger partial charge in [-0.05, 0) is 23.8 Å². The molecule has 0 bridgehead atoms. The first kappa shape index (κ1) is 11.9. The van der Waals surface area contributed by atoms with Crippen LogP contribution in [0.5, 0.6) is 0 Å². The average molecular weight is 270 g/mol. The zero-order valence-electron chi connectivity index (χ0n) is 11.5. The van der Waals surface area contributed by atoms with Crippen molar-refractivity contribution in [3.8, 4) is 11.1 Å². The summed E-state index contributed by atoms with van der Waals surface area (Å²) in [5.41, 5.74) is 11.3. The minimum Gasteiger partial charge on any atom is -0.398 e. The molecule has 0 unspecified atom stereocenters. The van der Waals surface area contributed by atoms with E-state index in [1.165, 1.54) is 5.56 Å². The lowest BCUT2D eigenvalue weighted by atomic mass is 9.95. The molecular weight excluding hydrogens is 256 g/mol. The fourth-order valence-electron chi connectivity index (χ4n) is 2.87. The predicted octanol–water partition coefficient (Wildman–Crippen LogP) is 4.64. The third-order valence-corrected chi connectivity index (χ3v) is 3.80. The highest BCUT2D eigenvalue weighted by Gasteiger charge is 2.12. The zero-order chi connectivity index (χ0) is 14.2. The van der Waals surface area contributed by atoms with Crippen molar-refractivity contribution in [3.63, 3.8) is 0 Å². The number of nitrogen functional groups attached to an aromatic ring is 1. The lowest BCUT2D eigenvalue weighted by Crippen LogP contribution is -1.93. The molecule has 1 aromatic heterocycles. The zero-order valence-corrected chi connectivity index (χ0v) is 11.5. The summed E-state index contributed by atoms with van der Waals surface area (Å²) in [7, 11) is 0. The number of anilines is 1. The van der Waals surface area contributed by atoms with E-state index in [1.807, 2.05) is 42.5 Å². The van der Waals surface area contributed by atoms with Crippen LogP contribution in [-0.4, -0.2) is 4.98 Å². The molecule has 0 spiro atoms. The second-order valence-electron chi connectivity index (χ2n) is 5.11. The number of para-hydroxylation sites is 1. The van der Waals surface area contributed by atoms with Gasteiger partial charge in [0.05, 0.1) is 11.0 Å². The van der Waals surface area contributed by atoms with Gasteiger partial charge in [0, 0.05) is 22.0 Å². The molecule has 2 nitrogen and oxygen atoms in total. The summed E-state index contributed by atoms with van der Waals surface area (Å²) < 4.78 is 0. The first-order valence-electron chi connectivity index (χ1n) is 6.97. The van der Waals surface area contributed by atoms with Crippen LogP contribution in [0, 0.1) is 0 Å². The van der Waals surface area contributed by atoms with Crippen LogP contribution in [0.2, 0.25) is 0 Å². The van der Waals surface area contributed by atoms with Crippen molar-refractivity contribution in [1.29, 1.82) is 0 Å². The van der Waals surface area contributed by atoms with Crippen molar-refractivity contribution in [2.24, 2.45) is 0 Å². The van der Waals surface area contributed by atoms with Gasteiger partial charge in [-0.2, -0.15) is 0 Å². The first-order valence-corrected chi connectivity index (χ1v) is 6.97. The second kappa shape index (κ2) is 4.60. The molecular formula is C19H14N2. The molecule has 100 valence electrons. The standard InChI is InChI=1S/C19H14N2/c20-15-10-6-12-17-19(15)18(13-7-2-1-3-8-13)14-9-4-5-11-16(14)21-17/h1-12H,20H2. The van der Waals surface area contributed by atoms with Gasteiger partial charge in [0.2, 0.25) is 0 Å². The highest BCUT2D eigenvalue weighted by molar-refractivity contribution is 6.13. The van der Waals surface area contributed by atoms with Crippen LogP contribution in [0.4, 0.5) is 5.69 Å². The van der Waals surface area contributed by atoms with Gasteiger partial charge in [0.1, 0.15) is 0 Å². The Morgan fingerprint density at radius 3 is 2.24 bits per heavy atom. The summed E-state index contributed by atoms with van der Waals surface area (Å²) in [4.78, 5) is 4.74. The number of nitrogens with two attached hydrogens (primary N) is 1. The molecule has 21 heavy (non-hydrogen) atoms. The monoisotopic (exact) mass is 270 g/mol. The fraction of sp³-hybridized carbons (Fsp3) is 0. The molecule has 0 atom stereocenters. The Balaban J connectivity index is 2.27. The molecule has 2 heteroatoms. The van der Waals surface area contributed by atoms with E-state index in [-0.39, 0.29) is 0 Å². The summed E-state index contributed by atoms with van der Waals surface area (Å²) in [6.45, 7) is 0. The SMILES string of the molecule is Nc1cccc2nc3ccccc3c(-c3ccccc3)c12. The maximum absolute atomic E-state index is 6.25. The van der Waals surface area contributed by atoms with Crippen molar-refractivity contribution >= 4 is 27.5 Å². The van der Waals surface area contributed by atoms with Gasteiger partial charge in [-0.15, -0.1) is 0 Å². The van der Waals surface area contributed by atoms with E-state index in [0.29, 0.717) is 0 Å². The number of fused-ring (bicyclic) bond motifs is 2. The second-order valence-corrected chi connectivity index (χ2v) is 5.11. The molecule has 0 saturated heterocycles. The molecule has 0 radical (unpaired) electrons. The molecule has 4 rings (SSSR count). The topological polar surface area (TPSA) is 38.9 Å². The Bertz CT molecular complexity index is 943. The first-order chi connectivity index (χ1) is 10.3. The highest BCUT2D eigenvalue weighted by atomic mass is 14.7. The third kappa shape index (κ3) is 1.84. The minimum atomic E-state index is 0.768. The van der Waals surface area contributed by atoms with Crippen LogP contribution in [0.25, 0.3) is 32.9 Å². The van der Waals surface area contributed by atoms with E-state index in [4.69, 9.17) is 10.7 Å². The van der Waals surface area contributed by atoms with Crippen LogP contribution in [-0.2, 0) is 0 Å². The number of hydrogen-bond acceptors (Lipinski definition) is 2. The average Bonchev–Trinajstić information content (AvgIpc) is 2.54. The molecule has 0 fully saturated rings. The quantitative estimate of drug-likeness (QED) is 0.404. The van der Waals surface area contributed by atoms with Crippen molar-refractivity contribution in [3.05, 3.63) is 72.8 Å². The Kier molecular flexibility index (Phi) is 2.61. The third-order valence-electron chi connectivity index (χ3n) is 3.80. The maximum atomic E-state index is 6.25.